The minimum Gasteiger partial charge on any atom is -0.495 e. The van der Waals surface area contributed by atoms with Crippen molar-refractivity contribution < 1.29 is 26.4 Å². The highest BCUT2D eigenvalue weighted by molar-refractivity contribution is 7.89. The fourth-order valence-electron chi connectivity index (χ4n) is 3.61. The van der Waals surface area contributed by atoms with E-state index in [1.54, 1.807) is 30.3 Å². The van der Waals surface area contributed by atoms with Crippen LogP contribution in [0.4, 0.5) is 0 Å². The van der Waals surface area contributed by atoms with Crippen LogP contribution in [0.25, 0.3) is 0 Å². The molecule has 0 atom stereocenters. The lowest BCUT2D eigenvalue weighted by molar-refractivity contribution is -0.126. The van der Waals surface area contributed by atoms with Crippen molar-refractivity contribution in [2.45, 2.75) is 36.1 Å². The number of nitrogens with zero attached hydrogens (tertiary/aromatic N) is 1. The van der Waals surface area contributed by atoms with Gasteiger partial charge in [0.05, 0.1) is 12.0 Å². The number of methoxy groups -OCH3 is 1. The molecular formula is C21H27N3O6S2. The summed E-state index contributed by atoms with van der Waals surface area (Å²) in [7, 11) is -6.06. The van der Waals surface area contributed by atoms with Crippen LogP contribution in [-0.2, 0) is 31.4 Å². The quantitative estimate of drug-likeness (QED) is 0.613. The van der Waals surface area contributed by atoms with Gasteiger partial charge in [0, 0.05) is 25.6 Å². The summed E-state index contributed by atoms with van der Waals surface area (Å²) in [6, 6.07) is 11.0. The Hall–Kier alpha value is -2.47. The number of hydrogen-bond donors (Lipinski definition) is 2. The minimum atomic E-state index is -3.76. The van der Waals surface area contributed by atoms with Crippen LogP contribution in [0.5, 0.6) is 5.75 Å². The number of rotatable bonds is 7. The summed E-state index contributed by atoms with van der Waals surface area (Å²) in [5.41, 5.74) is 1.55. The molecule has 3 rings (SSSR count). The summed E-state index contributed by atoms with van der Waals surface area (Å²) in [6.07, 6.45) is 0.813. The fourth-order valence-corrected chi connectivity index (χ4v) is 5.84. The maximum Gasteiger partial charge on any atom is 0.246 e. The number of nitrogens with two attached hydrogens (primary N) is 1. The molecule has 9 nitrogen and oxygen atoms in total. The van der Waals surface area contributed by atoms with E-state index in [1.807, 2.05) is 6.92 Å². The van der Waals surface area contributed by atoms with E-state index in [2.05, 4.69) is 5.32 Å². The third kappa shape index (κ3) is 5.47. The first-order valence-electron chi connectivity index (χ1n) is 10.1. The summed E-state index contributed by atoms with van der Waals surface area (Å²) in [6.45, 7) is 2.53. The molecule has 0 aliphatic carbocycles. The molecule has 32 heavy (non-hydrogen) atoms. The van der Waals surface area contributed by atoms with E-state index in [0.717, 1.165) is 11.1 Å². The number of carbonyl (C=O) groups is 1. The zero-order chi connectivity index (χ0) is 23.5. The van der Waals surface area contributed by atoms with Crippen molar-refractivity contribution in [1.82, 2.24) is 9.62 Å². The van der Waals surface area contributed by atoms with Crippen LogP contribution in [0, 0.1) is 12.8 Å². The Morgan fingerprint density at radius 1 is 1.09 bits per heavy atom. The van der Waals surface area contributed by atoms with Gasteiger partial charge in [0.15, 0.2) is 0 Å². The van der Waals surface area contributed by atoms with Gasteiger partial charge in [-0.15, -0.1) is 0 Å². The van der Waals surface area contributed by atoms with Gasteiger partial charge >= 0.3 is 0 Å². The Morgan fingerprint density at radius 2 is 1.72 bits per heavy atom. The van der Waals surface area contributed by atoms with Crippen LogP contribution in [0.1, 0.15) is 24.0 Å². The number of nitrogens with one attached hydrogen (secondary N) is 1. The Kier molecular flexibility index (Phi) is 7.23. The maximum absolute atomic E-state index is 13.1. The topological polar surface area (TPSA) is 136 Å². The highest BCUT2D eigenvalue weighted by atomic mass is 32.2. The first kappa shape index (κ1) is 24.2. The monoisotopic (exact) mass is 481 g/mol. The lowest BCUT2D eigenvalue weighted by atomic mass is 9.97. The number of aryl methyl sites for hydroxylation is 1. The van der Waals surface area contributed by atoms with Gasteiger partial charge in [-0.2, -0.15) is 4.31 Å². The number of amides is 1. The lowest BCUT2D eigenvalue weighted by Crippen LogP contribution is -2.42. The Labute approximate surface area is 188 Å². The molecule has 1 aliphatic rings. The zero-order valence-electron chi connectivity index (χ0n) is 17.9. The average molecular weight is 482 g/mol. The van der Waals surface area contributed by atoms with Crippen LogP contribution >= 0.6 is 0 Å². The van der Waals surface area contributed by atoms with Gasteiger partial charge in [-0.3, -0.25) is 4.79 Å². The molecule has 2 aromatic carbocycles. The van der Waals surface area contributed by atoms with Crippen molar-refractivity contribution in [1.29, 1.82) is 0 Å². The Balaban J connectivity index is 1.58. The summed E-state index contributed by atoms with van der Waals surface area (Å²) < 4.78 is 55.4. The summed E-state index contributed by atoms with van der Waals surface area (Å²) in [4.78, 5) is 12.7. The lowest BCUT2D eigenvalue weighted by Gasteiger charge is -2.31. The van der Waals surface area contributed by atoms with E-state index < -0.39 is 20.0 Å². The van der Waals surface area contributed by atoms with Crippen LogP contribution in [0.3, 0.4) is 0 Å². The SMILES string of the molecule is COc1ccc(C)cc1S(=O)(=O)N1CCC(C(=O)NCc2ccc(S(N)(=O)=O)cc2)CC1. The predicted molar refractivity (Wildman–Crippen MR) is 119 cm³/mol. The van der Waals surface area contributed by atoms with Crippen LogP contribution in [0.15, 0.2) is 52.3 Å². The Bertz CT molecular complexity index is 1190. The molecule has 0 aromatic heterocycles. The molecule has 11 heteroatoms. The zero-order valence-corrected chi connectivity index (χ0v) is 19.6. The molecule has 0 unspecified atom stereocenters. The smallest absolute Gasteiger partial charge is 0.246 e. The van der Waals surface area contributed by atoms with E-state index in [-0.39, 0.29) is 41.3 Å². The van der Waals surface area contributed by atoms with Crippen LogP contribution in [-0.4, -0.2) is 47.2 Å². The van der Waals surface area contributed by atoms with E-state index in [1.165, 1.54) is 23.5 Å². The molecule has 1 aliphatic heterocycles. The molecule has 0 bridgehead atoms. The third-order valence-corrected chi connectivity index (χ3v) is 8.33. The van der Waals surface area contributed by atoms with Crippen molar-refractivity contribution in [2.24, 2.45) is 11.1 Å². The highest BCUT2D eigenvalue weighted by Crippen LogP contribution is 2.30. The minimum absolute atomic E-state index is 0.00592. The number of primary sulfonamides is 1. The van der Waals surface area contributed by atoms with E-state index in [0.29, 0.717) is 18.6 Å². The van der Waals surface area contributed by atoms with Crippen LogP contribution in [0.2, 0.25) is 0 Å². The summed E-state index contributed by atoms with van der Waals surface area (Å²) in [5.74, 6) is -0.167. The van der Waals surface area contributed by atoms with Gasteiger partial charge in [-0.05, 0) is 55.2 Å². The van der Waals surface area contributed by atoms with Gasteiger partial charge in [0.25, 0.3) is 0 Å². The second-order valence-electron chi connectivity index (χ2n) is 7.74. The number of piperidine rings is 1. The molecule has 1 heterocycles. The molecule has 3 N–H and O–H groups in total. The number of ether oxygens (including phenoxy) is 1. The summed E-state index contributed by atoms with van der Waals surface area (Å²) in [5, 5.41) is 7.91. The number of hydrogen-bond acceptors (Lipinski definition) is 6. The van der Waals surface area contributed by atoms with E-state index >= 15 is 0 Å². The van der Waals surface area contributed by atoms with Gasteiger partial charge in [-0.25, -0.2) is 22.0 Å². The molecule has 174 valence electrons. The van der Waals surface area contributed by atoms with Crippen molar-refractivity contribution in [3.8, 4) is 5.75 Å². The molecule has 1 saturated heterocycles. The number of carbonyl (C=O) groups excluding carboxylic acids is 1. The van der Waals surface area contributed by atoms with Gasteiger partial charge < -0.3 is 10.1 Å². The van der Waals surface area contributed by atoms with Gasteiger partial charge in [0.2, 0.25) is 26.0 Å². The maximum atomic E-state index is 13.1. The normalized spacial score (nSPS) is 16.0. The largest absolute Gasteiger partial charge is 0.495 e. The molecular weight excluding hydrogens is 454 g/mol. The second kappa shape index (κ2) is 9.57. The molecule has 1 amide bonds. The molecule has 2 aromatic rings. The first-order chi connectivity index (χ1) is 15.0. The Morgan fingerprint density at radius 3 is 2.28 bits per heavy atom. The van der Waals surface area contributed by atoms with Crippen LogP contribution < -0.4 is 15.2 Å². The molecule has 0 saturated carbocycles. The van der Waals surface area contributed by atoms with Gasteiger partial charge in [0.1, 0.15) is 10.6 Å². The first-order valence-corrected chi connectivity index (χ1v) is 13.1. The standard InChI is InChI=1S/C21H27N3O6S2/c1-15-3-8-19(30-2)20(13-15)32(28,29)24-11-9-17(10-12-24)21(25)23-14-16-4-6-18(7-5-16)31(22,26)27/h3-8,13,17H,9-12,14H2,1-2H3,(H,23,25)(H2,22,26,27). The fraction of sp³-hybridized carbons (Fsp3) is 0.381. The predicted octanol–water partition coefficient (Wildman–Crippen LogP) is 1.37. The van der Waals surface area contributed by atoms with E-state index in [9.17, 15) is 21.6 Å². The number of benzene rings is 2. The van der Waals surface area contributed by atoms with Crippen molar-refractivity contribution in [3.05, 3.63) is 53.6 Å². The van der Waals surface area contributed by atoms with E-state index in [4.69, 9.17) is 9.88 Å². The second-order valence-corrected chi connectivity index (χ2v) is 11.2. The van der Waals surface area contributed by atoms with Crippen molar-refractivity contribution in [2.75, 3.05) is 20.2 Å². The molecule has 1 fully saturated rings. The molecule has 0 radical (unpaired) electrons. The average Bonchev–Trinajstić information content (AvgIpc) is 2.77. The molecule has 0 spiro atoms. The third-order valence-electron chi connectivity index (χ3n) is 5.48. The van der Waals surface area contributed by atoms with Crippen molar-refractivity contribution >= 4 is 26.0 Å². The summed E-state index contributed by atoms with van der Waals surface area (Å²) >= 11 is 0. The highest BCUT2D eigenvalue weighted by Gasteiger charge is 2.33. The number of sulfonamides is 2. The van der Waals surface area contributed by atoms with Gasteiger partial charge in [-0.1, -0.05) is 18.2 Å². The van der Waals surface area contributed by atoms with Crippen molar-refractivity contribution in [3.63, 3.8) is 0 Å².